The van der Waals surface area contributed by atoms with Crippen LogP contribution >= 0.6 is 0 Å². The van der Waals surface area contributed by atoms with Gasteiger partial charge in [-0.1, -0.05) is 11.6 Å². The number of benzene rings is 1. The lowest BCUT2D eigenvalue weighted by Gasteiger charge is -2.16. The largest absolute Gasteiger partial charge is 0.497 e. The Morgan fingerprint density at radius 2 is 1.86 bits per heavy atom. The van der Waals surface area contributed by atoms with Gasteiger partial charge in [0.25, 0.3) is 0 Å². The van der Waals surface area contributed by atoms with Crippen LogP contribution in [0.5, 0.6) is 5.75 Å². The van der Waals surface area contributed by atoms with Crippen molar-refractivity contribution in [2.75, 3.05) is 13.7 Å². The fourth-order valence-corrected chi connectivity index (χ4v) is 4.26. The highest BCUT2D eigenvalue weighted by atomic mass is 32.2. The first kappa shape index (κ1) is 16.0. The van der Waals surface area contributed by atoms with E-state index in [9.17, 15) is 8.42 Å². The Balaban J connectivity index is 2.21. The molecular formula is C16H23NO3S. The van der Waals surface area contributed by atoms with E-state index in [4.69, 9.17) is 4.74 Å². The maximum absolute atomic E-state index is 12.5. The van der Waals surface area contributed by atoms with Gasteiger partial charge in [-0.2, -0.15) is 0 Å². The molecule has 21 heavy (non-hydrogen) atoms. The summed E-state index contributed by atoms with van der Waals surface area (Å²) in [7, 11) is -1.91. The molecule has 1 aliphatic rings. The SMILES string of the molecule is COc1cc(C)c(S(=O)(=O)NCC2=CCCCC2)c(C)c1. The van der Waals surface area contributed by atoms with Crippen LogP contribution in [-0.2, 0) is 10.0 Å². The van der Waals surface area contributed by atoms with Gasteiger partial charge >= 0.3 is 0 Å². The van der Waals surface area contributed by atoms with E-state index in [2.05, 4.69) is 10.8 Å². The standard InChI is InChI=1S/C16H23NO3S/c1-12-9-15(20-3)10-13(2)16(12)21(18,19)17-11-14-7-5-4-6-8-14/h7,9-10,17H,4-6,8,11H2,1-3H3. The maximum Gasteiger partial charge on any atom is 0.241 e. The Hall–Kier alpha value is -1.33. The van der Waals surface area contributed by atoms with E-state index >= 15 is 0 Å². The average molecular weight is 309 g/mol. The highest BCUT2D eigenvalue weighted by Gasteiger charge is 2.20. The summed E-state index contributed by atoms with van der Waals surface area (Å²) in [5, 5.41) is 0. The van der Waals surface area contributed by atoms with Crippen LogP contribution in [0.2, 0.25) is 0 Å². The van der Waals surface area contributed by atoms with E-state index in [0.717, 1.165) is 19.3 Å². The Morgan fingerprint density at radius 3 is 2.38 bits per heavy atom. The van der Waals surface area contributed by atoms with Crippen molar-refractivity contribution in [1.82, 2.24) is 4.72 Å². The third-order valence-electron chi connectivity index (χ3n) is 3.81. The summed E-state index contributed by atoms with van der Waals surface area (Å²) in [4.78, 5) is 0.361. The topological polar surface area (TPSA) is 55.4 Å². The molecule has 5 heteroatoms. The molecule has 0 spiro atoms. The molecule has 0 bridgehead atoms. The number of allylic oxidation sites excluding steroid dienone is 1. The smallest absolute Gasteiger partial charge is 0.241 e. The number of methoxy groups -OCH3 is 1. The second kappa shape index (κ2) is 6.62. The lowest BCUT2D eigenvalue weighted by Crippen LogP contribution is -2.27. The second-order valence-electron chi connectivity index (χ2n) is 5.52. The number of hydrogen-bond acceptors (Lipinski definition) is 3. The normalized spacial score (nSPS) is 15.7. The summed E-state index contributed by atoms with van der Waals surface area (Å²) < 4.78 is 33.0. The first-order valence-corrected chi connectivity index (χ1v) is 8.75. The summed E-state index contributed by atoms with van der Waals surface area (Å²) in [5.74, 6) is 0.680. The van der Waals surface area contributed by atoms with Crippen LogP contribution in [-0.4, -0.2) is 22.1 Å². The van der Waals surface area contributed by atoms with E-state index < -0.39 is 10.0 Å². The number of rotatable bonds is 5. The van der Waals surface area contributed by atoms with Gasteiger partial charge in [-0.3, -0.25) is 0 Å². The molecule has 0 atom stereocenters. The molecule has 0 saturated heterocycles. The lowest BCUT2D eigenvalue weighted by atomic mass is 10.0. The molecule has 1 aromatic rings. The zero-order chi connectivity index (χ0) is 15.5. The van der Waals surface area contributed by atoms with Crippen LogP contribution < -0.4 is 9.46 Å². The van der Waals surface area contributed by atoms with E-state index in [1.807, 2.05) is 0 Å². The van der Waals surface area contributed by atoms with Crippen molar-refractivity contribution in [2.24, 2.45) is 0 Å². The Morgan fingerprint density at radius 1 is 1.19 bits per heavy atom. The summed E-state index contributed by atoms with van der Waals surface area (Å²) in [6, 6.07) is 3.50. The van der Waals surface area contributed by atoms with Crippen molar-refractivity contribution in [3.8, 4) is 5.75 Å². The van der Waals surface area contributed by atoms with Crippen LogP contribution in [0.3, 0.4) is 0 Å². The van der Waals surface area contributed by atoms with E-state index in [-0.39, 0.29) is 0 Å². The van der Waals surface area contributed by atoms with Crippen LogP contribution in [0, 0.1) is 13.8 Å². The van der Waals surface area contributed by atoms with Crippen LogP contribution in [0.4, 0.5) is 0 Å². The zero-order valence-corrected chi connectivity index (χ0v) is 13.7. The first-order valence-electron chi connectivity index (χ1n) is 7.27. The Kier molecular flexibility index (Phi) is 5.06. The molecule has 0 aromatic heterocycles. The third-order valence-corrected chi connectivity index (χ3v) is 5.52. The Labute approximate surface area is 127 Å². The molecule has 4 nitrogen and oxygen atoms in total. The van der Waals surface area contributed by atoms with Gasteiger partial charge in [0.2, 0.25) is 10.0 Å². The highest BCUT2D eigenvalue weighted by Crippen LogP contribution is 2.26. The van der Waals surface area contributed by atoms with Crippen molar-refractivity contribution >= 4 is 10.0 Å². The van der Waals surface area contributed by atoms with Crippen LogP contribution in [0.25, 0.3) is 0 Å². The van der Waals surface area contributed by atoms with Gasteiger partial charge in [0.15, 0.2) is 0 Å². The fourth-order valence-electron chi connectivity index (χ4n) is 2.78. The maximum atomic E-state index is 12.5. The van der Waals surface area contributed by atoms with Gasteiger partial charge in [0.1, 0.15) is 5.75 Å². The van der Waals surface area contributed by atoms with E-state index in [0.29, 0.717) is 28.3 Å². The first-order chi connectivity index (χ1) is 9.94. The molecular weight excluding hydrogens is 286 g/mol. The molecule has 2 rings (SSSR count). The summed E-state index contributed by atoms with van der Waals surface area (Å²) in [6.45, 7) is 4.00. The van der Waals surface area contributed by atoms with Gasteiger partial charge in [-0.25, -0.2) is 13.1 Å². The lowest BCUT2D eigenvalue weighted by molar-refractivity contribution is 0.413. The second-order valence-corrected chi connectivity index (χ2v) is 7.23. The van der Waals surface area contributed by atoms with Gasteiger partial charge in [-0.15, -0.1) is 0 Å². The van der Waals surface area contributed by atoms with Crippen molar-refractivity contribution in [3.63, 3.8) is 0 Å². The average Bonchev–Trinajstić information content (AvgIpc) is 2.45. The van der Waals surface area contributed by atoms with Crippen molar-refractivity contribution < 1.29 is 13.2 Å². The van der Waals surface area contributed by atoms with E-state index in [1.54, 1.807) is 33.1 Å². The molecule has 0 aliphatic heterocycles. The molecule has 116 valence electrons. The summed E-state index contributed by atoms with van der Waals surface area (Å²) in [6.07, 6.45) is 6.54. The van der Waals surface area contributed by atoms with E-state index in [1.165, 1.54) is 12.0 Å². The predicted octanol–water partition coefficient (Wildman–Crippen LogP) is 3.09. The van der Waals surface area contributed by atoms with Gasteiger partial charge in [0.05, 0.1) is 12.0 Å². The predicted molar refractivity (Wildman–Crippen MR) is 84.2 cm³/mol. The minimum Gasteiger partial charge on any atom is -0.497 e. The number of hydrogen-bond donors (Lipinski definition) is 1. The summed E-state index contributed by atoms with van der Waals surface area (Å²) in [5.41, 5.74) is 2.60. The number of sulfonamides is 1. The number of ether oxygens (including phenoxy) is 1. The molecule has 1 N–H and O–H groups in total. The molecule has 0 heterocycles. The van der Waals surface area contributed by atoms with Crippen molar-refractivity contribution in [2.45, 2.75) is 44.4 Å². The zero-order valence-electron chi connectivity index (χ0n) is 12.9. The minimum atomic E-state index is -3.49. The monoisotopic (exact) mass is 309 g/mol. The van der Waals surface area contributed by atoms with Gasteiger partial charge in [0, 0.05) is 6.54 Å². The van der Waals surface area contributed by atoms with Crippen LogP contribution in [0.15, 0.2) is 28.7 Å². The molecule has 0 fully saturated rings. The number of aryl methyl sites for hydroxylation is 2. The summed E-state index contributed by atoms with van der Waals surface area (Å²) >= 11 is 0. The highest BCUT2D eigenvalue weighted by molar-refractivity contribution is 7.89. The third kappa shape index (κ3) is 3.86. The molecule has 0 radical (unpaired) electrons. The fraction of sp³-hybridized carbons (Fsp3) is 0.500. The van der Waals surface area contributed by atoms with Crippen molar-refractivity contribution in [1.29, 1.82) is 0 Å². The molecule has 0 unspecified atom stereocenters. The van der Waals surface area contributed by atoms with Gasteiger partial charge in [-0.05, 0) is 62.8 Å². The molecule has 1 aliphatic carbocycles. The van der Waals surface area contributed by atoms with Crippen LogP contribution in [0.1, 0.15) is 36.8 Å². The molecule has 0 amide bonds. The quantitative estimate of drug-likeness (QED) is 0.850. The molecule has 1 aromatic carbocycles. The minimum absolute atomic E-state index is 0.361. The van der Waals surface area contributed by atoms with Crippen molar-refractivity contribution in [3.05, 3.63) is 34.9 Å². The Bertz CT molecular complexity index is 624. The van der Waals surface area contributed by atoms with Gasteiger partial charge < -0.3 is 4.74 Å². The number of nitrogens with one attached hydrogen (secondary N) is 1. The molecule has 0 saturated carbocycles.